The summed E-state index contributed by atoms with van der Waals surface area (Å²) >= 11 is 0. The molecule has 1 N–H and O–H groups in total. The number of nitrogens with one attached hydrogen (secondary N) is 1. The Hall–Kier alpha value is -1.62. The molecule has 0 radical (unpaired) electrons. The van der Waals surface area contributed by atoms with Gasteiger partial charge in [0.2, 0.25) is 0 Å². The lowest BCUT2D eigenvalue weighted by molar-refractivity contribution is -0.132. The lowest BCUT2D eigenvalue weighted by Crippen LogP contribution is -2.30. The molecule has 1 fully saturated rings. The molecule has 1 amide bonds. The molecule has 0 aliphatic carbocycles. The molecular weight excluding hydrogens is 271 g/mol. The van der Waals surface area contributed by atoms with Gasteiger partial charge in [-0.15, -0.1) is 0 Å². The van der Waals surface area contributed by atoms with Gasteiger partial charge >= 0.3 is 0 Å². The van der Waals surface area contributed by atoms with E-state index in [1.165, 1.54) is 6.07 Å². The van der Waals surface area contributed by atoms with Crippen LogP contribution in [0.15, 0.2) is 18.2 Å². The second kappa shape index (κ2) is 6.89. The van der Waals surface area contributed by atoms with Crippen LogP contribution >= 0.6 is 0 Å². The molecule has 1 atom stereocenters. The van der Waals surface area contributed by atoms with Crippen LogP contribution in [0.1, 0.15) is 25.8 Å². The van der Waals surface area contributed by atoms with Crippen molar-refractivity contribution in [1.29, 1.82) is 0 Å². The van der Waals surface area contributed by atoms with Crippen LogP contribution in [0.25, 0.3) is 0 Å². The summed E-state index contributed by atoms with van der Waals surface area (Å²) < 4.78 is 19.7. The van der Waals surface area contributed by atoms with E-state index in [2.05, 4.69) is 19.2 Å². The highest BCUT2D eigenvalue weighted by molar-refractivity contribution is 5.83. The summed E-state index contributed by atoms with van der Waals surface area (Å²) in [6, 6.07) is 4.86. The summed E-state index contributed by atoms with van der Waals surface area (Å²) in [5.41, 5.74) is 0.748. The predicted octanol–water partition coefficient (Wildman–Crippen LogP) is 2.18. The molecule has 1 aromatic rings. The maximum atomic E-state index is 14.0. The van der Waals surface area contributed by atoms with Gasteiger partial charge in [0.15, 0.2) is 17.7 Å². The van der Waals surface area contributed by atoms with Gasteiger partial charge in [0.25, 0.3) is 5.91 Å². The van der Waals surface area contributed by atoms with Gasteiger partial charge < -0.3 is 15.0 Å². The average Bonchev–Trinajstić information content (AvgIpc) is 2.74. The summed E-state index contributed by atoms with van der Waals surface area (Å²) in [6.45, 7) is 6.26. The van der Waals surface area contributed by atoms with Crippen LogP contribution in [0.3, 0.4) is 0 Å². The van der Waals surface area contributed by atoms with Gasteiger partial charge in [0.1, 0.15) is 0 Å². The Kier molecular flexibility index (Phi) is 5.17. The molecule has 0 bridgehead atoms. The molecule has 1 aromatic carbocycles. The molecule has 1 unspecified atom stereocenters. The van der Waals surface area contributed by atoms with Crippen molar-refractivity contribution < 1.29 is 13.9 Å². The summed E-state index contributed by atoms with van der Waals surface area (Å²) in [7, 11) is 1.73. The highest BCUT2D eigenvalue weighted by Crippen LogP contribution is 2.26. The fraction of sp³-hybridized carbons (Fsp3) is 0.562. The Morgan fingerprint density at radius 3 is 2.86 bits per heavy atom. The normalized spacial score (nSPS) is 18.6. The number of likely N-dealkylation sites (N-methyl/N-ethyl adjacent to an activating group) is 1. The highest BCUT2D eigenvalue weighted by atomic mass is 19.1. The fourth-order valence-corrected chi connectivity index (χ4v) is 2.36. The van der Waals surface area contributed by atoms with Crippen molar-refractivity contribution in [3.8, 4) is 5.75 Å². The van der Waals surface area contributed by atoms with E-state index in [0.29, 0.717) is 25.4 Å². The number of benzene rings is 1. The zero-order valence-corrected chi connectivity index (χ0v) is 12.9. The Labute approximate surface area is 125 Å². The number of nitrogens with zero attached hydrogens (tertiary/aromatic N) is 1. The van der Waals surface area contributed by atoms with Crippen molar-refractivity contribution in [2.45, 2.75) is 32.9 Å². The number of likely N-dealkylation sites (tertiary alicyclic amines) is 1. The first kappa shape index (κ1) is 15.8. The summed E-state index contributed by atoms with van der Waals surface area (Å²) in [4.78, 5) is 13.5. The first-order valence-corrected chi connectivity index (χ1v) is 7.38. The number of carbonyl (C=O) groups is 1. The number of ether oxygens (including phenoxy) is 1. The smallest absolute Gasteiger partial charge is 0.263 e. The standard InChI is InChI=1S/C16H23FN2O2/c1-11(2)9-18-10-12-5-4-6-13(17)15(12)21-14-7-8-19(3)16(14)20/h4-6,11,14,18H,7-10H2,1-3H3. The molecule has 1 heterocycles. The molecule has 2 rings (SSSR count). The van der Waals surface area contributed by atoms with Crippen LogP contribution in [-0.2, 0) is 11.3 Å². The zero-order chi connectivity index (χ0) is 15.4. The molecular formula is C16H23FN2O2. The summed E-state index contributed by atoms with van der Waals surface area (Å²) in [5.74, 6) is 0.218. The zero-order valence-electron chi connectivity index (χ0n) is 12.9. The van der Waals surface area contributed by atoms with E-state index in [4.69, 9.17) is 4.74 Å². The Morgan fingerprint density at radius 1 is 1.48 bits per heavy atom. The Balaban J connectivity index is 2.08. The molecule has 0 saturated carbocycles. The van der Waals surface area contributed by atoms with Crippen LogP contribution in [-0.4, -0.2) is 37.0 Å². The molecule has 0 aromatic heterocycles. The minimum Gasteiger partial charge on any atom is -0.477 e. The first-order valence-electron chi connectivity index (χ1n) is 7.38. The molecule has 21 heavy (non-hydrogen) atoms. The Bertz CT molecular complexity index is 505. The van der Waals surface area contributed by atoms with Crippen molar-refractivity contribution >= 4 is 5.91 Å². The van der Waals surface area contributed by atoms with Crippen molar-refractivity contribution in [3.05, 3.63) is 29.6 Å². The van der Waals surface area contributed by atoms with Crippen molar-refractivity contribution in [2.75, 3.05) is 20.1 Å². The number of carbonyl (C=O) groups excluding carboxylic acids is 1. The predicted molar refractivity (Wildman–Crippen MR) is 79.6 cm³/mol. The van der Waals surface area contributed by atoms with E-state index in [1.807, 2.05) is 6.07 Å². The van der Waals surface area contributed by atoms with Gasteiger partial charge in [-0.1, -0.05) is 26.0 Å². The van der Waals surface area contributed by atoms with Gasteiger partial charge in [-0.05, 0) is 18.5 Å². The van der Waals surface area contributed by atoms with Crippen LogP contribution in [0, 0.1) is 11.7 Å². The van der Waals surface area contributed by atoms with Gasteiger partial charge in [-0.3, -0.25) is 4.79 Å². The van der Waals surface area contributed by atoms with Crippen molar-refractivity contribution in [2.24, 2.45) is 5.92 Å². The number of halogens is 1. The van der Waals surface area contributed by atoms with Gasteiger partial charge in [-0.2, -0.15) is 0 Å². The van der Waals surface area contributed by atoms with Gasteiger partial charge in [-0.25, -0.2) is 4.39 Å². The van der Waals surface area contributed by atoms with Crippen LogP contribution in [0.4, 0.5) is 4.39 Å². The lowest BCUT2D eigenvalue weighted by Gasteiger charge is -2.17. The molecule has 1 aliphatic rings. The van der Waals surface area contributed by atoms with E-state index in [0.717, 1.165) is 12.1 Å². The number of rotatable bonds is 6. The number of amides is 1. The third-order valence-electron chi connectivity index (χ3n) is 3.56. The second-order valence-corrected chi connectivity index (χ2v) is 5.91. The van der Waals surface area contributed by atoms with Crippen LogP contribution in [0.2, 0.25) is 0 Å². The van der Waals surface area contributed by atoms with E-state index in [1.54, 1.807) is 18.0 Å². The van der Waals surface area contributed by atoms with E-state index >= 15 is 0 Å². The van der Waals surface area contributed by atoms with Gasteiger partial charge in [0.05, 0.1) is 0 Å². The molecule has 1 aliphatic heterocycles. The number of para-hydroxylation sites is 1. The topological polar surface area (TPSA) is 41.6 Å². The van der Waals surface area contributed by atoms with E-state index < -0.39 is 11.9 Å². The summed E-state index contributed by atoms with van der Waals surface area (Å²) in [6.07, 6.45) is 0.0264. The van der Waals surface area contributed by atoms with Gasteiger partial charge in [0, 0.05) is 32.1 Å². The quantitative estimate of drug-likeness (QED) is 0.874. The maximum absolute atomic E-state index is 14.0. The lowest BCUT2D eigenvalue weighted by atomic mass is 10.1. The van der Waals surface area contributed by atoms with E-state index in [9.17, 15) is 9.18 Å². The SMILES string of the molecule is CC(C)CNCc1cccc(F)c1OC1CCN(C)C1=O. The highest BCUT2D eigenvalue weighted by Gasteiger charge is 2.32. The van der Waals surface area contributed by atoms with Crippen molar-refractivity contribution in [1.82, 2.24) is 10.2 Å². The average molecular weight is 294 g/mol. The molecule has 1 saturated heterocycles. The molecule has 5 heteroatoms. The molecule has 0 spiro atoms. The third kappa shape index (κ3) is 3.94. The second-order valence-electron chi connectivity index (χ2n) is 5.91. The van der Waals surface area contributed by atoms with Crippen LogP contribution in [0.5, 0.6) is 5.75 Å². The Morgan fingerprint density at radius 2 is 2.24 bits per heavy atom. The third-order valence-corrected chi connectivity index (χ3v) is 3.56. The minimum absolute atomic E-state index is 0.0839. The van der Waals surface area contributed by atoms with Crippen molar-refractivity contribution in [3.63, 3.8) is 0 Å². The number of hydrogen-bond acceptors (Lipinski definition) is 3. The fourth-order valence-electron chi connectivity index (χ4n) is 2.36. The number of hydrogen-bond donors (Lipinski definition) is 1. The molecule has 116 valence electrons. The monoisotopic (exact) mass is 294 g/mol. The molecule has 4 nitrogen and oxygen atoms in total. The first-order chi connectivity index (χ1) is 9.99. The van der Waals surface area contributed by atoms with Crippen LogP contribution < -0.4 is 10.1 Å². The minimum atomic E-state index is -0.573. The largest absolute Gasteiger partial charge is 0.477 e. The maximum Gasteiger partial charge on any atom is 0.263 e. The van der Waals surface area contributed by atoms with E-state index in [-0.39, 0.29) is 11.7 Å². The summed E-state index contributed by atoms with van der Waals surface area (Å²) in [5, 5.41) is 3.27.